The molecule has 26 heavy (non-hydrogen) atoms. The van der Waals surface area contributed by atoms with Gasteiger partial charge in [0.15, 0.2) is 0 Å². The van der Waals surface area contributed by atoms with Crippen molar-refractivity contribution in [2.75, 3.05) is 17.9 Å². The predicted octanol–water partition coefficient (Wildman–Crippen LogP) is 2.99. The minimum absolute atomic E-state index is 0.196. The molecule has 0 fully saturated rings. The molecule has 0 aromatic heterocycles. The lowest BCUT2D eigenvalue weighted by atomic mass is 10.2. The molecule has 0 saturated heterocycles. The van der Waals surface area contributed by atoms with Crippen molar-refractivity contribution in [1.82, 2.24) is 0 Å². The van der Waals surface area contributed by atoms with Crippen molar-refractivity contribution in [2.45, 2.75) is 19.1 Å². The maximum atomic E-state index is 11.8. The van der Waals surface area contributed by atoms with Crippen LogP contribution in [0.5, 0.6) is 11.5 Å². The highest BCUT2D eigenvalue weighted by Crippen LogP contribution is 2.18. The van der Waals surface area contributed by atoms with Crippen molar-refractivity contribution in [3.8, 4) is 11.5 Å². The maximum Gasteiger partial charge on any atom is 0.335 e. The third-order valence-electron chi connectivity index (χ3n) is 3.46. The van der Waals surface area contributed by atoms with E-state index in [-0.39, 0.29) is 18.8 Å². The normalized spacial score (nSPS) is 11.2. The van der Waals surface area contributed by atoms with E-state index < -0.39 is 21.2 Å². The van der Waals surface area contributed by atoms with E-state index in [1.165, 1.54) is 12.1 Å². The first kappa shape index (κ1) is 19.6. The third kappa shape index (κ3) is 5.66. The number of hydrogen-bond donors (Lipinski definition) is 2. The van der Waals surface area contributed by atoms with Gasteiger partial charge in [0, 0.05) is 5.69 Å². The zero-order valence-corrected chi connectivity index (χ0v) is 15.3. The molecule has 0 radical (unpaired) electrons. The molecule has 2 aromatic carbocycles. The van der Waals surface area contributed by atoms with E-state index in [1.807, 2.05) is 0 Å². The lowest BCUT2D eigenvalue weighted by Gasteiger charge is -2.12. The van der Waals surface area contributed by atoms with Crippen LogP contribution in [0.3, 0.4) is 0 Å². The fraction of sp³-hybridized carbons (Fsp3) is 0.278. The highest BCUT2D eigenvalue weighted by molar-refractivity contribution is 7.93. The number of benzene rings is 2. The maximum absolute atomic E-state index is 11.8. The largest absolute Gasteiger partial charge is 0.490 e. The fourth-order valence-corrected chi connectivity index (χ4v) is 2.61. The molecule has 0 amide bonds. The Morgan fingerprint density at radius 3 is 1.85 bits per heavy atom. The Bertz CT molecular complexity index is 829. The van der Waals surface area contributed by atoms with Crippen molar-refractivity contribution in [3.05, 3.63) is 54.1 Å². The molecule has 8 heteroatoms. The molecule has 0 saturated carbocycles. The Balaban J connectivity index is 1.78. The topological polar surface area (TPSA) is 102 Å². The molecule has 0 heterocycles. The number of ether oxygens (including phenoxy) is 2. The molecule has 2 rings (SSSR count). The van der Waals surface area contributed by atoms with Gasteiger partial charge in [-0.2, -0.15) is 0 Å². The van der Waals surface area contributed by atoms with Crippen LogP contribution in [0.15, 0.2) is 48.5 Å². The summed E-state index contributed by atoms with van der Waals surface area (Å²) in [5.41, 5.74) is 0.669. The molecular formula is C18H21NO6S. The summed E-state index contributed by atoms with van der Waals surface area (Å²) in [7, 11) is -3.37. The summed E-state index contributed by atoms with van der Waals surface area (Å²) < 4.78 is 37.1. The summed E-state index contributed by atoms with van der Waals surface area (Å²) in [6, 6.07) is 12.7. The zero-order valence-electron chi connectivity index (χ0n) is 14.5. The van der Waals surface area contributed by atoms with Gasteiger partial charge in [-0.15, -0.1) is 0 Å². The van der Waals surface area contributed by atoms with Crippen LogP contribution < -0.4 is 14.2 Å². The number of aromatic carboxylic acids is 1. The Morgan fingerprint density at radius 2 is 1.42 bits per heavy atom. The smallest absolute Gasteiger partial charge is 0.335 e. The Hall–Kier alpha value is -2.74. The molecule has 0 aliphatic heterocycles. The Labute approximate surface area is 152 Å². The van der Waals surface area contributed by atoms with Gasteiger partial charge in [-0.1, -0.05) is 0 Å². The first-order valence-electron chi connectivity index (χ1n) is 7.98. The number of nitrogens with one attached hydrogen (secondary N) is 1. The average molecular weight is 379 g/mol. The van der Waals surface area contributed by atoms with Crippen molar-refractivity contribution < 1.29 is 27.8 Å². The molecule has 0 spiro atoms. The van der Waals surface area contributed by atoms with E-state index in [9.17, 15) is 13.2 Å². The molecule has 0 unspecified atom stereocenters. The third-order valence-corrected chi connectivity index (χ3v) is 5.22. The fourth-order valence-electron chi connectivity index (χ4n) is 1.91. The Morgan fingerprint density at radius 1 is 0.962 bits per heavy atom. The minimum atomic E-state index is -3.37. The van der Waals surface area contributed by atoms with Crippen molar-refractivity contribution >= 4 is 21.7 Å². The van der Waals surface area contributed by atoms with Gasteiger partial charge in [0.1, 0.15) is 24.7 Å². The van der Waals surface area contributed by atoms with Gasteiger partial charge in [-0.3, -0.25) is 4.72 Å². The number of carbonyl (C=O) groups is 1. The van der Waals surface area contributed by atoms with Crippen LogP contribution >= 0.6 is 0 Å². The molecule has 140 valence electrons. The van der Waals surface area contributed by atoms with E-state index >= 15 is 0 Å². The zero-order chi connectivity index (χ0) is 19.2. The second-order valence-electron chi connectivity index (χ2n) is 5.75. The monoisotopic (exact) mass is 379 g/mol. The summed E-state index contributed by atoms with van der Waals surface area (Å²) in [6.45, 7) is 3.79. The minimum Gasteiger partial charge on any atom is -0.490 e. The number of carboxylic acid groups (broad SMARTS) is 1. The van der Waals surface area contributed by atoms with Crippen LogP contribution in [0.2, 0.25) is 0 Å². The molecule has 0 aliphatic carbocycles. The number of rotatable bonds is 9. The van der Waals surface area contributed by atoms with Gasteiger partial charge in [0.05, 0.1) is 10.8 Å². The van der Waals surface area contributed by atoms with E-state index in [2.05, 4.69) is 4.72 Å². The lowest BCUT2D eigenvalue weighted by Crippen LogP contribution is -2.22. The number of hydrogen-bond acceptors (Lipinski definition) is 5. The van der Waals surface area contributed by atoms with E-state index in [1.54, 1.807) is 50.2 Å². The van der Waals surface area contributed by atoms with Crippen molar-refractivity contribution in [1.29, 1.82) is 0 Å². The standard InChI is InChI=1S/C18H21NO6S/c1-13(2)26(22,23)19-15-5-9-17(10-6-15)25-12-11-24-16-7-3-14(4-8-16)18(20)21/h3-10,13,19H,11-12H2,1-2H3,(H,20,21). The van der Waals surface area contributed by atoms with Crippen LogP contribution in [0.4, 0.5) is 5.69 Å². The Kier molecular flexibility index (Phi) is 6.46. The van der Waals surface area contributed by atoms with Crippen molar-refractivity contribution in [3.63, 3.8) is 0 Å². The second kappa shape index (κ2) is 8.57. The molecule has 0 aliphatic rings. The highest BCUT2D eigenvalue weighted by Gasteiger charge is 2.15. The van der Waals surface area contributed by atoms with Crippen LogP contribution in [0.25, 0.3) is 0 Å². The summed E-state index contributed by atoms with van der Waals surface area (Å²) in [5, 5.41) is 8.31. The lowest BCUT2D eigenvalue weighted by molar-refractivity contribution is 0.0697. The number of sulfonamides is 1. The number of carboxylic acids is 1. The van der Waals surface area contributed by atoms with Crippen LogP contribution in [0.1, 0.15) is 24.2 Å². The first-order valence-corrected chi connectivity index (χ1v) is 9.53. The summed E-state index contributed by atoms with van der Waals surface area (Å²) in [4.78, 5) is 10.8. The second-order valence-corrected chi connectivity index (χ2v) is 7.98. The molecular weight excluding hydrogens is 358 g/mol. The van der Waals surface area contributed by atoms with Gasteiger partial charge in [-0.05, 0) is 62.4 Å². The summed E-state index contributed by atoms with van der Waals surface area (Å²) in [5.74, 6) is 0.151. The molecule has 0 atom stereocenters. The average Bonchev–Trinajstić information content (AvgIpc) is 2.60. The van der Waals surface area contributed by atoms with Crippen molar-refractivity contribution in [2.24, 2.45) is 0 Å². The molecule has 2 aromatic rings. The van der Waals surface area contributed by atoms with Crippen LogP contribution in [-0.2, 0) is 10.0 Å². The van der Waals surface area contributed by atoms with E-state index in [0.717, 1.165) is 0 Å². The molecule has 2 N–H and O–H groups in total. The van der Waals surface area contributed by atoms with Crippen LogP contribution in [-0.4, -0.2) is 38.0 Å². The summed E-state index contributed by atoms with van der Waals surface area (Å²) >= 11 is 0. The van der Waals surface area contributed by atoms with E-state index in [0.29, 0.717) is 17.2 Å². The van der Waals surface area contributed by atoms with Crippen LogP contribution in [0, 0.1) is 0 Å². The van der Waals surface area contributed by atoms with Gasteiger partial charge >= 0.3 is 5.97 Å². The van der Waals surface area contributed by atoms with E-state index in [4.69, 9.17) is 14.6 Å². The predicted molar refractivity (Wildman–Crippen MR) is 98.5 cm³/mol. The van der Waals surface area contributed by atoms with Gasteiger partial charge < -0.3 is 14.6 Å². The number of anilines is 1. The summed E-state index contributed by atoms with van der Waals surface area (Å²) in [6.07, 6.45) is 0. The highest BCUT2D eigenvalue weighted by atomic mass is 32.2. The first-order chi connectivity index (χ1) is 12.3. The molecule has 7 nitrogen and oxygen atoms in total. The SMILES string of the molecule is CC(C)S(=O)(=O)Nc1ccc(OCCOc2ccc(C(=O)O)cc2)cc1. The molecule has 0 bridgehead atoms. The van der Waals surface area contributed by atoms with Gasteiger partial charge in [0.25, 0.3) is 0 Å². The van der Waals surface area contributed by atoms with Gasteiger partial charge in [-0.25, -0.2) is 13.2 Å². The van der Waals surface area contributed by atoms with Gasteiger partial charge in [0.2, 0.25) is 10.0 Å². The quantitative estimate of drug-likeness (QED) is 0.650.